The number of carboxylic acids is 1. The Morgan fingerprint density at radius 2 is 1.79 bits per heavy atom. The van der Waals surface area contributed by atoms with Crippen molar-refractivity contribution in [3.8, 4) is 0 Å². The highest BCUT2D eigenvalue weighted by Gasteiger charge is 2.68. The molecule has 3 saturated carbocycles. The molecule has 1 heterocycles. The lowest BCUT2D eigenvalue weighted by Gasteiger charge is -2.60. The predicted molar refractivity (Wildman–Crippen MR) is 167 cm³/mol. The fourth-order valence-corrected chi connectivity index (χ4v) is 9.93. The second-order valence-corrected chi connectivity index (χ2v) is 15.4. The maximum Gasteiger partial charge on any atom is 0.326 e. The molecule has 0 aromatic rings. The second kappa shape index (κ2) is 13.1. The second-order valence-electron chi connectivity index (χ2n) is 15.4. The van der Waals surface area contributed by atoms with Crippen LogP contribution in [0.5, 0.6) is 0 Å². The van der Waals surface area contributed by atoms with E-state index in [1.165, 1.54) is 4.90 Å². The lowest BCUT2D eigenvalue weighted by atomic mass is 9.45. The zero-order chi connectivity index (χ0) is 34.5. The number of nitrogens with one attached hydrogen (secondary N) is 1. The highest BCUT2D eigenvalue weighted by molar-refractivity contribution is 5.93. The van der Waals surface area contributed by atoms with Crippen molar-refractivity contribution >= 4 is 35.3 Å². The number of ketones is 2. The van der Waals surface area contributed by atoms with E-state index >= 15 is 0 Å². The number of hydrogen-bond donors (Lipinski definition) is 4. The number of hydrogen-bond acceptors (Lipinski definition) is 9. The van der Waals surface area contributed by atoms with Crippen LogP contribution in [-0.4, -0.2) is 92.5 Å². The van der Waals surface area contributed by atoms with Gasteiger partial charge >= 0.3 is 11.9 Å². The summed E-state index contributed by atoms with van der Waals surface area (Å²) in [6.45, 7) is 7.11. The van der Waals surface area contributed by atoms with Crippen LogP contribution < -0.4 is 5.32 Å². The lowest BCUT2D eigenvalue weighted by molar-refractivity contribution is -0.184. The van der Waals surface area contributed by atoms with Crippen molar-refractivity contribution in [2.24, 2.45) is 34.5 Å². The largest absolute Gasteiger partial charge is 0.480 e. The van der Waals surface area contributed by atoms with Gasteiger partial charge in [0.05, 0.1) is 12.5 Å². The number of carbonyl (C=O) groups excluding carboxylic acids is 5. The van der Waals surface area contributed by atoms with Crippen molar-refractivity contribution in [1.29, 1.82) is 0 Å². The number of fused-ring (bicyclic) bond motifs is 5. The van der Waals surface area contributed by atoms with Gasteiger partial charge in [0, 0.05) is 24.8 Å². The predicted octanol–water partition coefficient (Wildman–Crippen LogP) is 2.33. The van der Waals surface area contributed by atoms with Crippen LogP contribution >= 0.6 is 0 Å². The summed E-state index contributed by atoms with van der Waals surface area (Å²) in [5.41, 5.74) is -1.88. The molecule has 12 heteroatoms. The number of esters is 1. The number of ether oxygens (including phenoxy) is 1. The molecule has 0 aromatic heterocycles. The summed E-state index contributed by atoms with van der Waals surface area (Å²) in [5.74, 6) is -3.75. The molecule has 2 amide bonds. The monoisotopic (exact) mass is 658 g/mol. The van der Waals surface area contributed by atoms with Crippen molar-refractivity contribution in [3.63, 3.8) is 0 Å². The summed E-state index contributed by atoms with van der Waals surface area (Å²) >= 11 is 0. The molecule has 5 rings (SSSR count). The number of Topliss-reactive ketones (excluding diaryl/α,β-unsaturated/α-hetero) is 1. The molecule has 0 unspecified atom stereocenters. The van der Waals surface area contributed by atoms with Gasteiger partial charge in [0.15, 0.2) is 12.4 Å². The Labute approximate surface area is 275 Å². The third kappa shape index (κ3) is 6.16. The SMILES string of the molecule is CC(C)[C@@H](NC(=O)CCC(=O)OCC(=O)[C@@]1(O)CC[C@H]2[C@H]3CCC4=CC(=O)CC[C@]4(C)[C@@H]3[C@@H](O)C[C@@]21C)C(=O)N1CCC[C@H]1C(=O)O. The molecule has 1 saturated heterocycles. The van der Waals surface area contributed by atoms with Crippen LogP contribution in [0.1, 0.15) is 98.3 Å². The number of carboxylic acid groups (broad SMARTS) is 1. The van der Waals surface area contributed by atoms with Crippen LogP contribution in [-0.2, 0) is 33.5 Å². The molecule has 0 spiro atoms. The highest BCUT2D eigenvalue weighted by Crippen LogP contribution is 2.67. The summed E-state index contributed by atoms with van der Waals surface area (Å²) in [5, 5.41) is 35.5. The normalized spacial score (nSPS) is 36.9. The van der Waals surface area contributed by atoms with E-state index < -0.39 is 65.3 Å². The Balaban J connectivity index is 1.15. The van der Waals surface area contributed by atoms with Gasteiger partial charge in [-0.1, -0.05) is 33.3 Å². The molecule has 0 radical (unpaired) electrons. The molecule has 12 nitrogen and oxygen atoms in total. The Bertz CT molecular complexity index is 1360. The average Bonchev–Trinajstić information content (AvgIpc) is 3.61. The first-order valence-corrected chi connectivity index (χ1v) is 17.2. The minimum atomic E-state index is -1.78. The quantitative estimate of drug-likeness (QED) is 0.254. The Morgan fingerprint density at radius 3 is 2.47 bits per heavy atom. The van der Waals surface area contributed by atoms with Gasteiger partial charge in [0.1, 0.15) is 17.7 Å². The summed E-state index contributed by atoms with van der Waals surface area (Å²) in [4.78, 5) is 76.9. The van der Waals surface area contributed by atoms with Gasteiger partial charge in [0.25, 0.3) is 0 Å². The Morgan fingerprint density at radius 1 is 1.06 bits per heavy atom. The fraction of sp³-hybridized carbons (Fsp3) is 0.771. The maximum absolute atomic E-state index is 13.5. The molecule has 1 aliphatic heterocycles. The van der Waals surface area contributed by atoms with Crippen LogP contribution in [0.15, 0.2) is 11.6 Å². The molecular formula is C35H50N2O10. The van der Waals surface area contributed by atoms with E-state index in [2.05, 4.69) is 12.2 Å². The zero-order valence-electron chi connectivity index (χ0n) is 28.0. The summed E-state index contributed by atoms with van der Waals surface area (Å²) in [6, 6.07) is -1.88. The van der Waals surface area contributed by atoms with Crippen molar-refractivity contribution in [2.75, 3.05) is 13.2 Å². The zero-order valence-corrected chi connectivity index (χ0v) is 28.0. The summed E-state index contributed by atoms with van der Waals surface area (Å²) in [6.07, 6.45) is 4.97. The first kappa shape index (κ1) is 35.2. The summed E-state index contributed by atoms with van der Waals surface area (Å²) < 4.78 is 5.24. The molecular weight excluding hydrogens is 608 g/mol. The van der Waals surface area contributed by atoms with E-state index in [0.717, 1.165) is 18.4 Å². The minimum absolute atomic E-state index is 0.0109. The van der Waals surface area contributed by atoms with Crippen molar-refractivity contribution in [3.05, 3.63) is 11.6 Å². The number of aliphatic hydroxyl groups excluding tert-OH is 1. The van der Waals surface area contributed by atoms with E-state index in [9.17, 15) is 44.1 Å². The number of likely N-dealkylation sites (tertiary alicyclic amines) is 1. The third-order valence-electron chi connectivity index (χ3n) is 12.5. The molecule has 47 heavy (non-hydrogen) atoms. The minimum Gasteiger partial charge on any atom is -0.480 e. The maximum atomic E-state index is 13.5. The molecule has 4 N–H and O–H groups in total. The molecule has 5 aliphatic rings. The van der Waals surface area contributed by atoms with Crippen molar-refractivity contribution in [2.45, 2.75) is 122 Å². The van der Waals surface area contributed by atoms with Crippen molar-refractivity contribution < 1.29 is 48.8 Å². The number of aliphatic hydroxyl groups is 2. The van der Waals surface area contributed by atoms with Gasteiger partial charge in [-0.05, 0) is 86.5 Å². The average molecular weight is 659 g/mol. The number of carbonyl (C=O) groups is 6. The Hall–Kier alpha value is -3.12. The van der Waals surface area contributed by atoms with Gasteiger partial charge in [0.2, 0.25) is 17.6 Å². The smallest absolute Gasteiger partial charge is 0.326 e. The van der Waals surface area contributed by atoms with E-state index in [1.54, 1.807) is 19.9 Å². The van der Waals surface area contributed by atoms with E-state index in [-0.39, 0.29) is 60.6 Å². The van der Waals surface area contributed by atoms with Crippen LogP contribution in [0.4, 0.5) is 0 Å². The molecule has 0 bridgehead atoms. The first-order chi connectivity index (χ1) is 22.0. The molecule has 4 aliphatic carbocycles. The highest BCUT2D eigenvalue weighted by atomic mass is 16.5. The Kier molecular flexibility index (Phi) is 9.78. The van der Waals surface area contributed by atoms with Crippen molar-refractivity contribution in [1.82, 2.24) is 10.2 Å². The first-order valence-electron chi connectivity index (χ1n) is 17.2. The third-order valence-corrected chi connectivity index (χ3v) is 12.5. The molecule has 0 aromatic carbocycles. The van der Waals surface area contributed by atoms with Gasteiger partial charge in [-0.2, -0.15) is 0 Å². The van der Waals surface area contributed by atoms with E-state index in [0.29, 0.717) is 38.6 Å². The number of allylic oxidation sites excluding steroid dienone is 1. The van der Waals surface area contributed by atoms with Crippen LogP contribution in [0.3, 0.4) is 0 Å². The standard InChI is InChI=1S/C35H50N2O10/c1-19(2)30(31(43)37-15-5-6-24(37)32(44)45)36-27(41)9-10-28(42)47-18-26(40)35(46)14-12-23-22-8-7-20-16-21(38)11-13-33(20,3)29(22)25(39)17-34(23,35)4/h16,19,22-25,29-30,39,46H,5-15,17-18H2,1-4H3,(H,36,41)(H,44,45)/t22-,23+,24+,25+,29+,30-,33+,34+,35+/m1/s1. The van der Waals surface area contributed by atoms with Gasteiger partial charge in [-0.15, -0.1) is 0 Å². The molecule has 260 valence electrons. The van der Waals surface area contributed by atoms with Gasteiger partial charge < -0.3 is 30.3 Å². The fourth-order valence-electron chi connectivity index (χ4n) is 9.93. The van der Waals surface area contributed by atoms with E-state index in [1.807, 2.05) is 6.92 Å². The van der Waals surface area contributed by atoms with Gasteiger partial charge in [-0.3, -0.25) is 24.0 Å². The number of rotatable bonds is 10. The van der Waals surface area contributed by atoms with Crippen LogP contribution in [0.25, 0.3) is 0 Å². The van der Waals surface area contributed by atoms with Crippen LogP contribution in [0, 0.1) is 34.5 Å². The van der Waals surface area contributed by atoms with Gasteiger partial charge in [-0.25, -0.2) is 4.79 Å². The van der Waals surface area contributed by atoms with Crippen LogP contribution in [0.2, 0.25) is 0 Å². The number of nitrogens with zero attached hydrogens (tertiary/aromatic N) is 1. The molecule has 4 fully saturated rings. The molecule has 9 atom stereocenters. The van der Waals surface area contributed by atoms with E-state index in [4.69, 9.17) is 4.74 Å². The number of aliphatic carboxylic acids is 1. The topological polar surface area (TPSA) is 188 Å². The lowest BCUT2D eigenvalue weighted by Crippen LogP contribution is -2.62. The number of amides is 2. The summed E-state index contributed by atoms with van der Waals surface area (Å²) in [7, 11) is 0.